The third-order valence-electron chi connectivity index (χ3n) is 4.17. The van der Waals surface area contributed by atoms with Gasteiger partial charge < -0.3 is 10.3 Å². The number of benzene rings is 1. The highest BCUT2D eigenvalue weighted by molar-refractivity contribution is 6.03. The van der Waals surface area contributed by atoms with Crippen LogP contribution >= 0.6 is 0 Å². The molecule has 0 spiro atoms. The lowest BCUT2D eigenvalue weighted by Crippen LogP contribution is -2.28. The highest BCUT2D eigenvalue weighted by Crippen LogP contribution is 2.18. The van der Waals surface area contributed by atoms with Crippen LogP contribution in [0.1, 0.15) is 29.2 Å². The second kappa shape index (κ2) is 5.39. The van der Waals surface area contributed by atoms with Gasteiger partial charge in [0.1, 0.15) is 11.5 Å². The lowest BCUT2D eigenvalue weighted by atomic mass is 10.1. The number of carbonyl (C=O) groups excluding carboxylic acids is 1. The van der Waals surface area contributed by atoms with Gasteiger partial charge in [-0.05, 0) is 43.2 Å². The number of anilines is 1. The number of aromatic nitrogens is 3. The van der Waals surface area contributed by atoms with Crippen molar-refractivity contribution in [2.45, 2.75) is 25.8 Å². The Morgan fingerprint density at radius 2 is 2.17 bits per heavy atom. The summed E-state index contributed by atoms with van der Waals surface area (Å²) in [6.07, 6.45) is 4.61. The van der Waals surface area contributed by atoms with E-state index in [1.807, 2.05) is 0 Å². The van der Waals surface area contributed by atoms with E-state index in [4.69, 9.17) is 0 Å². The van der Waals surface area contributed by atoms with Gasteiger partial charge in [0.25, 0.3) is 11.5 Å². The molecule has 1 amide bonds. The van der Waals surface area contributed by atoms with Crippen molar-refractivity contribution in [2.24, 2.45) is 0 Å². The smallest absolute Gasteiger partial charge is 0.272 e. The number of nitrogens with zero attached hydrogens (tertiary/aromatic N) is 2. The number of fused-ring (bicyclic) bond motifs is 2. The normalized spacial score (nSPS) is 13.7. The van der Waals surface area contributed by atoms with E-state index in [0.29, 0.717) is 22.3 Å². The van der Waals surface area contributed by atoms with Gasteiger partial charge in [-0.25, -0.2) is 4.98 Å². The molecule has 6 heteroatoms. The average molecular weight is 308 g/mol. The van der Waals surface area contributed by atoms with Gasteiger partial charge in [0.2, 0.25) is 0 Å². The number of aryl methyl sites for hydroxylation is 1. The van der Waals surface area contributed by atoms with Crippen LogP contribution < -0.4 is 10.9 Å². The Bertz CT molecular complexity index is 941. The van der Waals surface area contributed by atoms with Gasteiger partial charge in [0.15, 0.2) is 0 Å². The molecule has 0 saturated heterocycles. The second-order valence-electron chi connectivity index (χ2n) is 5.71. The summed E-state index contributed by atoms with van der Waals surface area (Å²) in [5.74, 6) is 0.622. The molecule has 2 N–H and O–H groups in total. The van der Waals surface area contributed by atoms with Crippen molar-refractivity contribution in [3.05, 3.63) is 58.4 Å². The summed E-state index contributed by atoms with van der Waals surface area (Å²) in [5.41, 5.74) is 1.72. The van der Waals surface area contributed by atoms with Crippen LogP contribution in [-0.2, 0) is 13.0 Å². The fourth-order valence-corrected chi connectivity index (χ4v) is 2.99. The van der Waals surface area contributed by atoms with Crippen LogP contribution in [0.15, 0.2) is 41.3 Å². The molecule has 0 radical (unpaired) electrons. The second-order valence-corrected chi connectivity index (χ2v) is 5.71. The Balaban J connectivity index is 1.74. The summed E-state index contributed by atoms with van der Waals surface area (Å²) in [6.45, 7) is 0.718. The van der Waals surface area contributed by atoms with Crippen LogP contribution in [0, 0.1) is 0 Å². The lowest BCUT2D eigenvalue weighted by molar-refractivity contribution is 0.102. The molecule has 2 aromatic heterocycles. The summed E-state index contributed by atoms with van der Waals surface area (Å²) < 4.78 is 1.75. The molecule has 6 nitrogen and oxygen atoms in total. The third-order valence-corrected chi connectivity index (χ3v) is 4.17. The molecule has 4 rings (SSSR count). The first-order valence-electron chi connectivity index (χ1n) is 7.70. The van der Waals surface area contributed by atoms with Gasteiger partial charge in [0.05, 0.1) is 10.9 Å². The summed E-state index contributed by atoms with van der Waals surface area (Å²) in [4.78, 5) is 32.2. The van der Waals surface area contributed by atoms with Gasteiger partial charge in [0, 0.05) is 24.8 Å². The summed E-state index contributed by atoms with van der Waals surface area (Å²) in [6, 6.07) is 8.72. The molecule has 0 fully saturated rings. The molecule has 116 valence electrons. The molecule has 0 unspecified atom stereocenters. The highest BCUT2D eigenvalue weighted by atomic mass is 16.2. The number of carbonyl (C=O) groups is 1. The Kier molecular flexibility index (Phi) is 3.22. The Morgan fingerprint density at radius 1 is 1.26 bits per heavy atom. The van der Waals surface area contributed by atoms with Crippen LogP contribution in [-0.4, -0.2) is 20.4 Å². The van der Waals surface area contributed by atoms with E-state index < -0.39 is 0 Å². The van der Waals surface area contributed by atoms with Gasteiger partial charge in [-0.15, -0.1) is 0 Å². The van der Waals surface area contributed by atoms with Gasteiger partial charge in [-0.2, -0.15) is 0 Å². The zero-order valence-electron chi connectivity index (χ0n) is 12.5. The minimum atomic E-state index is -0.236. The molecule has 0 bridgehead atoms. The minimum Gasteiger partial charge on any atom is -0.357 e. The van der Waals surface area contributed by atoms with Gasteiger partial charge >= 0.3 is 0 Å². The predicted molar refractivity (Wildman–Crippen MR) is 87.7 cm³/mol. The predicted octanol–water partition coefficient (Wildman–Crippen LogP) is 2.31. The number of hydrogen-bond acceptors (Lipinski definition) is 3. The molecule has 3 aromatic rings. The molecule has 0 atom stereocenters. The topological polar surface area (TPSA) is 79.8 Å². The molecule has 1 aliphatic heterocycles. The van der Waals surface area contributed by atoms with Crippen LogP contribution in [0.5, 0.6) is 0 Å². The highest BCUT2D eigenvalue weighted by Gasteiger charge is 2.15. The zero-order chi connectivity index (χ0) is 15.8. The van der Waals surface area contributed by atoms with E-state index >= 15 is 0 Å². The Labute approximate surface area is 132 Å². The average Bonchev–Trinajstić information content (AvgIpc) is 3.10. The molecule has 23 heavy (non-hydrogen) atoms. The summed E-state index contributed by atoms with van der Waals surface area (Å²) in [7, 11) is 0. The number of hydrogen-bond donors (Lipinski definition) is 2. The van der Waals surface area contributed by atoms with Crippen LogP contribution in [0.3, 0.4) is 0 Å². The van der Waals surface area contributed by atoms with Crippen LogP contribution in [0.4, 0.5) is 5.69 Å². The van der Waals surface area contributed by atoms with Crippen molar-refractivity contribution in [1.82, 2.24) is 14.5 Å². The van der Waals surface area contributed by atoms with E-state index in [0.717, 1.165) is 31.6 Å². The van der Waals surface area contributed by atoms with E-state index in [1.165, 1.54) is 0 Å². The van der Waals surface area contributed by atoms with Crippen molar-refractivity contribution in [3.8, 4) is 0 Å². The maximum atomic E-state index is 12.6. The standard InChI is InChI=1S/C17H16N4O2/c22-16(14-4-3-8-18-14)19-11-6-7-13-12(10-11)17(23)21-9-2-1-5-15(21)20-13/h3-4,6-8,10,18H,1-2,5,9H2,(H,19,22). The summed E-state index contributed by atoms with van der Waals surface area (Å²) in [5, 5.41) is 3.34. The van der Waals surface area contributed by atoms with Crippen molar-refractivity contribution < 1.29 is 4.79 Å². The molecular weight excluding hydrogens is 292 g/mol. The first-order valence-corrected chi connectivity index (χ1v) is 7.70. The third kappa shape index (κ3) is 2.42. The fraction of sp³-hybridized carbons (Fsp3) is 0.235. The Morgan fingerprint density at radius 3 is 3.00 bits per heavy atom. The van der Waals surface area contributed by atoms with Crippen molar-refractivity contribution in [2.75, 3.05) is 5.32 Å². The largest absolute Gasteiger partial charge is 0.357 e. The zero-order valence-corrected chi connectivity index (χ0v) is 12.5. The van der Waals surface area contributed by atoms with Gasteiger partial charge in [-0.1, -0.05) is 0 Å². The number of rotatable bonds is 2. The van der Waals surface area contributed by atoms with E-state index in [2.05, 4.69) is 15.3 Å². The van der Waals surface area contributed by atoms with Crippen LogP contribution in [0.25, 0.3) is 10.9 Å². The fourth-order valence-electron chi connectivity index (χ4n) is 2.99. The molecule has 1 aromatic carbocycles. The minimum absolute atomic E-state index is 0.0272. The molecular formula is C17H16N4O2. The van der Waals surface area contributed by atoms with E-state index in [1.54, 1.807) is 41.1 Å². The van der Waals surface area contributed by atoms with Gasteiger partial charge in [-0.3, -0.25) is 14.2 Å². The maximum Gasteiger partial charge on any atom is 0.272 e. The van der Waals surface area contributed by atoms with E-state index in [9.17, 15) is 9.59 Å². The molecule has 3 heterocycles. The maximum absolute atomic E-state index is 12.6. The number of amides is 1. The van der Waals surface area contributed by atoms with Crippen molar-refractivity contribution in [3.63, 3.8) is 0 Å². The summed E-state index contributed by atoms with van der Waals surface area (Å²) >= 11 is 0. The van der Waals surface area contributed by atoms with Crippen molar-refractivity contribution in [1.29, 1.82) is 0 Å². The van der Waals surface area contributed by atoms with Crippen molar-refractivity contribution >= 4 is 22.5 Å². The molecule has 1 aliphatic rings. The lowest BCUT2D eigenvalue weighted by Gasteiger charge is -2.18. The number of H-pyrrole nitrogens is 1. The monoisotopic (exact) mass is 308 g/mol. The first-order chi connectivity index (χ1) is 11.2. The number of aromatic amines is 1. The Hall–Kier alpha value is -2.89. The molecule has 0 saturated carbocycles. The van der Waals surface area contributed by atoms with E-state index in [-0.39, 0.29) is 11.5 Å². The SMILES string of the molecule is O=C(Nc1ccc2nc3n(c(=O)c2c1)CCCC3)c1ccc[nH]1. The molecule has 0 aliphatic carbocycles. The first kappa shape index (κ1) is 13.8. The quantitative estimate of drug-likeness (QED) is 0.762. The van der Waals surface area contributed by atoms with Crippen LogP contribution in [0.2, 0.25) is 0 Å². The number of nitrogens with one attached hydrogen (secondary N) is 2.